The van der Waals surface area contributed by atoms with Crippen LogP contribution in [-0.4, -0.2) is 0 Å². The first-order chi connectivity index (χ1) is 6.90. The summed E-state index contributed by atoms with van der Waals surface area (Å²) < 4.78 is 5.21. The van der Waals surface area contributed by atoms with Crippen LogP contribution in [0.2, 0.25) is 0 Å². The Balaban J connectivity index is 2.19. The third-order valence-electron chi connectivity index (χ3n) is 2.45. The fourth-order valence-electron chi connectivity index (χ4n) is 1.63. The second-order valence-electron chi connectivity index (χ2n) is 3.44. The summed E-state index contributed by atoms with van der Waals surface area (Å²) in [6.45, 7) is 2.15. The van der Waals surface area contributed by atoms with E-state index in [2.05, 4.69) is 31.2 Å². The molecule has 0 saturated heterocycles. The van der Waals surface area contributed by atoms with E-state index in [9.17, 15) is 0 Å². The van der Waals surface area contributed by atoms with Crippen LogP contribution in [0.15, 0.2) is 47.3 Å². The average molecular weight is 186 g/mol. The lowest BCUT2D eigenvalue weighted by molar-refractivity contribution is 0.562. The molecule has 0 saturated carbocycles. The van der Waals surface area contributed by atoms with Crippen LogP contribution in [0.5, 0.6) is 0 Å². The van der Waals surface area contributed by atoms with E-state index in [1.807, 2.05) is 18.6 Å². The maximum absolute atomic E-state index is 5.21. The fourth-order valence-corrected chi connectivity index (χ4v) is 1.63. The highest BCUT2D eigenvalue weighted by Crippen LogP contribution is 2.15. The van der Waals surface area contributed by atoms with E-state index in [0.717, 1.165) is 12.8 Å². The topological polar surface area (TPSA) is 13.1 Å². The number of benzene rings is 1. The van der Waals surface area contributed by atoms with Gasteiger partial charge in [-0.2, -0.15) is 0 Å². The molecule has 1 aromatic carbocycles. The summed E-state index contributed by atoms with van der Waals surface area (Å²) in [7, 11) is 0. The van der Waals surface area contributed by atoms with Gasteiger partial charge in [-0.15, -0.1) is 0 Å². The van der Waals surface area contributed by atoms with Crippen molar-refractivity contribution in [1.82, 2.24) is 0 Å². The summed E-state index contributed by atoms with van der Waals surface area (Å²) in [6, 6.07) is 10.5. The minimum absolute atomic E-state index is 0.973. The molecule has 1 aromatic heterocycles. The van der Waals surface area contributed by atoms with Gasteiger partial charge in [-0.25, -0.2) is 0 Å². The molecule has 0 spiro atoms. The number of hydrogen-bond donors (Lipinski definition) is 0. The number of rotatable bonds is 3. The molecule has 0 aliphatic rings. The van der Waals surface area contributed by atoms with Crippen molar-refractivity contribution in [2.24, 2.45) is 0 Å². The van der Waals surface area contributed by atoms with Crippen LogP contribution >= 0.6 is 0 Å². The van der Waals surface area contributed by atoms with Gasteiger partial charge in [0.1, 0.15) is 0 Å². The van der Waals surface area contributed by atoms with E-state index in [4.69, 9.17) is 4.42 Å². The van der Waals surface area contributed by atoms with E-state index < -0.39 is 0 Å². The highest BCUT2D eigenvalue weighted by molar-refractivity contribution is 5.28. The average Bonchev–Trinajstić information content (AvgIpc) is 2.67. The molecule has 0 N–H and O–H groups in total. The van der Waals surface area contributed by atoms with Crippen molar-refractivity contribution >= 4 is 0 Å². The van der Waals surface area contributed by atoms with Gasteiger partial charge < -0.3 is 4.42 Å². The smallest absolute Gasteiger partial charge is 0.0940 e. The fraction of sp³-hybridized carbons (Fsp3) is 0.231. The van der Waals surface area contributed by atoms with Crippen LogP contribution < -0.4 is 0 Å². The Morgan fingerprint density at radius 1 is 1.00 bits per heavy atom. The zero-order valence-corrected chi connectivity index (χ0v) is 8.36. The van der Waals surface area contributed by atoms with Gasteiger partial charge in [-0.1, -0.05) is 37.3 Å². The molecule has 0 aliphatic carbocycles. The van der Waals surface area contributed by atoms with Gasteiger partial charge in [0.2, 0.25) is 0 Å². The van der Waals surface area contributed by atoms with Gasteiger partial charge in [0.05, 0.1) is 12.5 Å². The summed E-state index contributed by atoms with van der Waals surface area (Å²) in [5, 5.41) is 0. The van der Waals surface area contributed by atoms with Crippen molar-refractivity contribution in [3.63, 3.8) is 0 Å². The summed E-state index contributed by atoms with van der Waals surface area (Å²) >= 11 is 0. The van der Waals surface area contributed by atoms with E-state index in [-0.39, 0.29) is 0 Å². The molecular weight excluding hydrogens is 172 g/mol. The molecule has 72 valence electrons. The molecule has 1 nitrogen and oxygen atoms in total. The SMILES string of the molecule is CCc1cocc1Cc1ccccc1. The molecule has 0 unspecified atom stereocenters. The van der Waals surface area contributed by atoms with Crippen LogP contribution in [0.1, 0.15) is 23.6 Å². The van der Waals surface area contributed by atoms with Crippen molar-refractivity contribution in [3.05, 3.63) is 59.5 Å². The Hall–Kier alpha value is -1.50. The lowest BCUT2D eigenvalue weighted by Crippen LogP contribution is -1.89. The monoisotopic (exact) mass is 186 g/mol. The Bertz CT molecular complexity index is 387. The molecule has 1 heteroatoms. The predicted molar refractivity (Wildman–Crippen MR) is 57.3 cm³/mol. The van der Waals surface area contributed by atoms with Crippen LogP contribution in [0.4, 0.5) is 0 Å². The normalized spacial score (nSPS) is 10.4. The molecule has 0 bridgehead atoms. The standard InChI is InChI=1S/C13H14O/c1-2-12-9-14-10-13(12)8-11-6-4-3-5-7-11/h3-7,9-10H,2,8H2,1H3. The molecule has 0 atom stereocenters. The summed E-state index contributed by atoms with van der Waals surface area (Å²) in [6.07, 6.45) is 5.71. The predicted octanol–water partition coefficient (Wildman–Crippen LogP) is 3.43. The third-order valence-corrected chi connectivity index (χ3v) is 2.45. The van der Waals surface area contributed by atoms with Gasteiger partial charge in [-0.05, 0) is 23.1 Å². The van der Waals surface area contributed by atoms with Gasteiger partial charge in [0.25, 0.3) is 0 Å². The Kier molecular flexibility index (Phi) is 2.68. The molecule has 14 heavy (non-hydrogen) atoms. The lowest BCUT2D eigenvalue weighted by atomic mass is 10.0. The van der Waals surface area contributed by atoms with Crippen molar-refractivity contribution in [2.75, 3.05) is 0 Å². The minimum atomic E-state index is 0.973. The third kappa shape index (κ3) is 1.87. The van der Waals surface area contributed by atoms with Gasteiger partial charge in [0, 0.05) is 6.42 Å². The first kappa shape index (κ1) is 9.07. The van der Waals surface area contributed by atoms with Crippen molar-refractivity contribution < 1.29 is 4.42 Å². The lowest BCUT2D eigenvalue weighted by Gasteiger charge is -2.00. The molecule has 0 radical (unpaired) electrons. The first-order valence-electron chi connectivity index (χ1n) is 4.98. The molecular formula is C13H14O. The van der Waals surface area contributed by atoms with Crippen LogP contribution in [-0.2, 0) is 12.8 Å². The Morgan fingerprint density at radius 2 is 1.71 bits per heavy atom. The summed E-state index contributed by atoms with van der Waals surface area (Å²) in [5.74, 6) is 0. The van der Waals surface area contributed by atoms with E-state index in [0.29, 0.717) is 0 Å². The Morgan fingerprint density at radius 3 is 2.43 bits per heavy atom. The number of hydrogen-bond acceptors (Lipinski definition) is 1. The highest BCUT2D eigenvalue weighted by atomic mass is 16.3. The summed E-state index contributed by atoms with van der Waals surface area (Å²) in [4.78, 5) is 0. The van der Waals surface area contributed by atoms with Crippen LogP contribution in [0.3, 0.4) is 0 Å². The van der Waals surface area contributed by atoms with Crippen LogP contribution in [0.25, 0.3) is 0 Å². The number of furan rings is 1. The van der Waals surface area contributed by atoms with Gasteiger partial charge >= 0.3 is 0 Å². The largest absolute Gasteiger partial charge is 0.472 e. The molecule has 2 aromatic rings. The summed E-state index contributed by atoms with van der Waals surface area (Å²) in [5.41, 5.74) is 3.95. The van der Waals surface area contributed by atoms with E-state index in [1.165, 1.54) is 16.7 Å². The molecule has 1 heterocycles. The van der Waals surface area contributed by atoms with Crippen molar-refractivity contribution in [1.29, 1.82) is 0 Å². The second-order valence-corrected chi connectivity index (χ2v) is 3.44. The maximum atomic E-state index is 5.21. The van der Waals surface area contributed by atoms with Crippen molar-refractivity contribution in [3.8, 4) is 0 Å². The molecule has 2 rings (SSSR count). The van der Waals surface area contributed by atoms with Crippen LogP contribution in [0, 0.1) is 0 Å². The maximum Gasteiger partial charge on any atom is 0.0940 e. The highest BCUT2D eigenvalue weighted by Gasteiger charge is 2.03. The quantitative estimate of drug-likeness (QED) is 0.715. The zero-order valence-electron chi connectivity index (χ0n) is 8.36. The first-order valence-corrected chi connectivity index (χ1v) is 4.98. The van der Waals surface area contributed by atoms with Crippen molar-refractivity contribution in [2.45, 2.75) is 19.8 Å². The van der Waals surface area contributed by atoms with Gasteiger partial charge in [-0.3, -0.25) is 0 Å². The zero-order chi connectivity index (χ0) is 9.80. The van der Waals surface area contributed by atoms with E-state index >= 15 is 0 Å². The molecule has 0 amide bonds. The molecule has 0 aliphatic heterocycles. The second kappa shape index (κ2) is 4.14. The van der Waals surface area contributed by atoms with Gasteiger partial charge in [0.15, 0.2) is 0 Å². The Labute approximate surface area is 84.4 Å². The van der Waals surface area contributed by atoms with E-state index in [1.54, 1.807) is 0 Å². The minimum Gasteiger partial charge on any atom is -0.472 e. The number of aryl methyl sites for hydroxylation is 1. The molecule has 0 fully saturated rings.